The summed E-state index contributed by atoms with van der Waals surface area (Å²) in [7, 11) is 0. The summed E-state index contributed by atoms with van der Waals surface area (Å²) in [5, 5.41) is 0. The van der Waals surface area contributed by atoms with Gasteiger partial charge in [0.25, 0.3) is 0 Å². The summed E-state index contributed by atoms with van der Waals surface area (Å²) < 4.78 is 0. The third-order valence-corrected chi connectivity index (χ3v) is 2.46. The molecule has 0 aromatic heterocycles. The first-order chi connectivity index (χ1) is 6.70. The van der Waals surface area contributed by atoms with Gasteiger partial charge in [0.1, 0.15) is 0 Å². The molecule has 1 saturated heterocycles. The molecule has 2 amide bonds. The van der Waals surface area contributed by atoms with Crippen LogP contribution in [-0.4, -0.2) is 53.5 Å². The SMILES string of the molecule is CCCN1CCN(CCS)C(=O)C1=O. The summed E-state index contributed by atoms with van der Waals surface area (Å²) in [6.07, 6.45) is 0.894. The normalized spacial score (nSPS) is 17.9. The number of hydrogen-bond acceptors (Lipinski definition) is 3. The Balaban J connectivity index is 2.55. The van der Waals surface area contributed by atoms with Crippen molar-refractivity contribution >= 4 is 24.4 Å². The molecular formula is C9H16N2O2S. The van der Waals surface area contributed by atoms with Crippen molar-refractivity contribution in [3.63, 3.8) is 0 Å². The van der Waals surface area contributed by atoms with E-state index < -0.39 is 0 Å². The lowest BCUT2D eigenvalue weighted by Crippen LogP contribution is -2.54. The minimum atomic E-state index is -0.376. The molecule has 0 radical (unpaired) electrons. The minimum absolute atomic E-state index is 0.361. The van der Waals surface area contributed by atoms with Crippen molar-refractivity contribution in [2.45, 2.75) is 13.3 Å². The maximum Gasteiger partial charge on any atom is 0.312 e. The lowest BCUT2D eigenvalue weighted by atomic mass is 10.2. The van der Waals surface area contributed by atoms with Gasteiger partial charge in [0, 0.05) is 31.9 Å². The third kappa shape index (κ3) is 2.41. The van der Waals surface area contributed by atoms with E-state index in [-0.39, 0.29) is 11.8 Å². The summed E-state index contributed by atoms with van der Waals surface area (Å²) in [6, 6.07) is 0. The van der Waals surface area contributed by atoms with E-state index in [9.17, 15) is 9.59 Å². The summed E-state index contributed by atoms with van der Waals surface area (Å²) in [5.74, 6) is -0.133. The van der Waals surface area contributed by atoms with Crippen LogP contribution in [0.2, 0.25) is 0 Å². The largest absolute Gasteiger partial charge is 0.333 e. The quantitative estimate of drug-likeness (QED) is 0.531. The van der Waals surface area contributed by atoms with Crippen LogP contribution in [0.25, 0.3) is 0 Å². The summed E-state index contributed by atoms with van der Waals surface area (Å²) in [5.41, 5.74) is 0. The van der Waals surface area contributed by atoms with E-state index in [2.05, 4.69) is 12.6 Å². The number of rotatable bonds is 4. The predicted octanol–water partition coefficient (Wildman–Crippen LogP) is -0.00300. The second kappa shape index (κ2) is 5.24. The van der Waals surface area contributed by atoms with Gasteiger partial charge in [0.05, 0.1) is 0 Å². The fourth-order valence-corrected chi connectivity index (χ4v) is 1.77. The van der Waals surface area contributed by atoms with Gasteiger partial charge in [-0.25, -0.2) is 0 Å². The molecule has 4 nitrogen and oxygen atoms in total. The number of nitrogens with zero attached hydrogens (tertiary/aromatic N) is 2. The van der Waals surface area contributed by atoms with Crippen LogP contribution < -0.4 is 0 Å². The number of piperazine rings is 1. The standard InChI is InChI=1S/C9H16N2O2S/c1-2-3-10-4-5-11(6-7-14)9(13)8(10)12/h14H,2-7H2,1H3. The van der Waals surface area contributed by atoms with E-state index in [4.69, 9.17) is 0 Å². The Morgan fingerprint density at radius 2 is 1.64 bits per heavy atom. The zero-order chi connectivity index (χ0) is 10.6. The van der Waals surface area contributed by atoms with Crippen molar-refractivity contribution in [3.05, 3.63) is 0 Å². The van der Waals surface area contributed by atoms with E-state index >= 15 is 0 Å². The van der Waals surface area contributed by atoms with E-state index in [1.54, 1.807) is 9.80 Å². The van der Waals surface area contributed by atoms with Crippen LogP contribution in [0.15, 0.2) is 0 Å². The van der Waals surface area contributed by atoms with Gasteiger partial charge in [-0.05, 0) is 6.42 Å². The van der Waals surface area contributed by atoms with Crippen LogP contribution in [0.4, 0.5) is 0 Å². The maximum absolute atomic E-state index is 11.5. The zero-order valence-electron chi connectivity index (χ0n) is 8.40. The van der Waals surface area contributed by atoms with Gasteiger partial charge in [-0.15, -0.1) is 0 Å². The monoisotopic (exact) mass is 216 g/mol. The molecule has 1 rings (SSSR count). The topological polar surface area (TPSA) is 40.6 Å². The predicted molar refractivity (Wildman–Crippen MR) is 57.3 cm³/mol. The highest BCUT2D eigenvalue weighted by Gasteiger charge is 2.31. The molecule has 1 heterocycles. The van der Waals surface area contributed by atoms with Gasteiger partial charge in [-0.2, -0.15) is 12.6 Å². The Hall–Kier alpha value is -0.710. The van der Waals surface area contributed by atoms with Crippen LogP contribution in [0.3, 0.4) is 0 Å². The number of amides is 2. The smallest absolute Gasteiger partial charge is 0.312 e. The van der Waals surface area contributed by atoms with E-state index in [1.165, 1.54) is 0 Å². The van der Waals surface area contributed by atoms with E-state index in [0.717, 1.165) is 6.42 Å². The highest BCUT2D eigenvalue weighted by Crippen LogP contribution is 2.05. The second-order valence-corrected chi connectivity index (χ2v) is 3.76. The first-order valence-corrected chi connectivity index (χ1v) is 5.53. The average Bonchev–Trinajstić information content (AvgIpc) is 2.18. The molecule has 0 aliphatic carbocycles. The highest BCUT2D eigenvalue weighted by atomic mass is 32.1. The first-order valence-electron chi connectivity index (χ1n) is 4.89. The lowest BCUT2D eigenvalue weighted by molar-refractivity contribution is -0.155. The van der Waals surface area contributed by atoms with Crippen molar-refractivity contribution in [3.8, 4) is 0 Å². The molecule has 1 fully saturated rings. The molecule has 0 atom stereocenters. The van der Waals surface area contributed by atoms with Gasteiger partial charge < -0.3 is 9.80 Å². The van der Waals surface area contributed by atoms with Crippen molar-refractivity contribution in [2.24, 2.45) is 0 Å². The van der Waals surface area contributed by atoms with E-state index in [0.29, 0.717) is 31.9 Å². The number of hydrogen-bond donors (Lipinski definition) is 1. The third-order valence-electron chi connectivity index (χ3n) is 2.26. The maximum atomic E-state index is 11.5. The number of carbonyl (C=O) groups excluding carboxylic acids is 2. The lowest BCUT2D eigenvalue weighted by Gasteiger charge is -2.33. The van der Waals surface area contributed by atoms with Crippen LogP contribution in [0.5, 0.6) is 0 Å². The molecule has 0 N–H and O–H groups in total. The Bertz CT molecular complexity index is 209. The van der Waals surface area contributed by atoms with Gasteiger partial charge in [-0.1, -0.05) is 6.92 Å². The molecule has 0 saturated carbocycles. The fraction of sp³-hybridized carbons (Fsp3) is 0.778. The minimum Gasteiger partial charge on any atom is -0.333 e. The van der Waals surface area contributed by atoms with Crippen molar-refractivity contribution in [2.75, 3.05) is 31.9 Å². The van der Waals surface area contributed by atoms with Crippen LogP contribution >= 0.6 is 12.6 Å². The van der Waals surface area contributed by atoms with Crippen LogP contribution in [0.1, 0.15) is 13.3 Å². The molecule has 0 aromatic carbocycles. The summed E-state index contributed by atoms with van der Waals surface area (Å²) >= 11 is 4.05. The number of carbonyl (C=O) groups is 2. The van der Waals surface area contributed by atoms with Crippen LogP contribution in [0, 0.1) is 0 Å². The fourth-order valence-electron chi connectivity index (χ4n) is 1.53. The highest BCUT2D eigenvalue weighted by molar-refractivity contribution is 7.80. The molecule has 14 heavy (non-hydrogen) atoms. The van der Waals surface area contributed by atoms with Crippen molar-refractivity contribution in [1.82, 2.24) is 9.80 Å². The van der Waals surface area contributed by atoms with Gasteiger partial charge >= 0.3 is 11.8 Å². The van der Waals surface area contributed by atoms with E-state index in [1.807, 2.05) is 6.92 Å². The summed E-state index contributed by atoms with van der Waals surface area (Å²) in [4.78, 5) is 26.2. The van der Waals surface area contributed by atoms with Crippen molar-refractivity contribution < 1.29 is 9.59 Å². The molecular weight excluding hydrogens is 200 g/mol. The molecule has 0 spiro atoms. The first kappa shape index (κ1) is 11.4. The van der Waals surface area contributed by atoms with Crippen molar-refractivity contribution in [1.29, 1.82) is 0 Å². The Labute approximate surface area is 89.7 Å². The van der Waals surface area contributed by atoms with Gasteiger partial charge in [-0.3, -0.25) is 9.59 Å². The average molecular weight is 216 g/mol. The molecule has 80 valence electrons. The Morgan fingerprint density at radius 1 is 1.14 bits per heavy atom. The molecule has 1 aliphatic heterocycles. The molecule has 0 unspecified atom stereocenters. The molecule has 0 bridgehead atoms. The Morgan fingerprint density at radius 3 is 2.07 bits per heavy atom. The Kier molecular flexibility index (Phi) is 4.25. The molecule has 5 heteroatoms. The molecule has 0 aromatic rings. The summed E-state index contributed by atoms with van der Waals surface area (Å²) in [6.45, 7) is 4.54. The molecule has 1 aliphatic rings. The second-order valence-electron chi connectivity index (χ2n) is 3.31. The van der Waals surface area contributed by atoms with Gasteiger partial charge in [0.2, 0.25) is 0 Å². The number of thiol groups is 1. The van der Waals surface area contributed by atoms with Gasteiger partial charge in [0.15, 0.2) is 0 Å². The van der Waals surface area contributed by atoms with Crippen LogP contribution in [-0.2, 0) is 9.59 Å². The zero-order valence-corrected chi connectivity index (χ0v) is 9.30.